The van der Waals surface area contributed by atoms with Gasteiger partial charge in [-0.15, -0.1) is 10.2 Å². The molecule has 29 heavy (non-hydrogen) atoms. The van der Waals surface area contributed by atoms with Crippen LogP contribution in [0.3, 0.4) is 0 Å². The summed E-state index contributed by atoms with van der Waals surface area (Å²) in [7, 11) is 0. The Morgan fingerprint density at radius 3 is 2.97 bits per heavy atom. The van der Waals surface area contributed by atoms with E-state index in [0.717, 1.165) is 24.0 Å². The maximum atomic E-state index is 12.4. The zero-order chi connectivity index (χ0) is 20.3. The highest BCUT2D eigenvalue weighted by atomic mass is 32.2. The Hall–Kier alpha value is -2.58. The third kappa shape index (κ3) is 4.09. The molecule has 0 bridgehead atoms. The molecule has 0 spiro atoms. The molecule has 4 rings (SSSR count). The molecule has 0 aliphatic heterocycles. The number of aliphatic hydroxyl groups is 1. The minimum Gasteiger partial charge on any atom is -0.461 e. The van der Waals surface area contributed by atoms with Crippen LogP contribution in [0.5, 0.6) is 0 Å². The van der Waals surface area contributed by atoms with Gasteiger partial charge >= 0.3 is 0 Å². The van der Waals surface area contributed by atoms with Gasteiger partial charge in [0.2, 0.25) is 5.91 Å². The Balaban J connectivity index is 1.37. The maximum Gasteiger partial charge on any atom is 0.230 e. The molecular weight excluding hydrogens is 388 g/mol. The van der Waals surface area contributed by atoms with Crippen molar-refractivity contribution in [1.82, 2.24) is 20.1 Å². The molecule has 1 unspecified atom stereocenters. The number of hydrogen-bond donors (Lipinski definition) is 2. The zero-order valence-corrected chi connectivity index (χ0v) is 17.1. The van der Waals surface area contributed by atoms with Gasteiger partial charge in [-0.25, -0.2) is 0 Å². The smallest absolute Gasteiger partial charge is 0.230 e. The second-order valence-electron chi connectivity index (χ2n) is 7.14. The van der Waals surface area contributed by atoms with E-state index in [2.05, 4.69) is 15.5 Å². The standard InChI is InChI=1S/C21H24N4O3S/c1-2-25-19(17-10-6-12-28-17)23-24-20(25)29-13-18(26)22-14-21(27)11-5-8-15-7-3-4-9-16(15)21/h3-4,6-7,9-10,12,27H,2,5,8,11,13-14H2,1H3,(H,22,26). The van der Waals surface area contributed by atoms with Crippen LogP contribution in [0.1, 0.15) is 30.9 Å². The zero-order valence-electron chi connectivity index (χ0n) is 16.3. The fourth-order valence-electron chi connectivity index (χ4n) is 3.78. The largest absolute Gasteiger partial charge is 0.461 e. The number of carbonyl (C=O) groups excluding carboxylic acids is 1. The number of rotatable bonds is 7. The molecule has 152 valence electrons. The number of fused-ring (bicyclic) bond motifs is 1. The van der Waals surface area contributed by atoms with Crippen LogP contribution < -0.4 is 5.32 Å². The Labute approximate surface area is 173 Å². The average molecular weight is 413 g/mol. The lowest BCUT2D eigenvalue weighted by Gasteiger charge is -2.34. The highest BCUT2D eigenvalue weighted by molar-refractivity contribution is 7.99. The Morgan fingerprint density at radius 2 is 2.17 bits per heavy atom. The molecule has 0 saturated carbocycles. The normalized spacial score (nSPS) is 18.4. The topological polar surface area (TPSA) is 93.2 Å². The number of carbonyl (C=O) groups is 1. The minimum atomic E-state index is -1.01. The molecule has 0 radical (unpaired) electrons. The molecule has 3 aromatic rings. The number of furan rings is 1. The van der Waals surface area contributed by atoms with Crippen molar-refractivity contribution in [1.29, 1.82) is 0 Å². The monoisotopic (exact) mass is 412 g/mol. The van der Waals surface area contributed by atoms with Crippen molar-refractivity contribution >= 4 is 17.7 Å². The van der Waals surface area contributed by atoms with Crippen molar-refractivity contribution in [2.45, 2.75) is 43.5 Å². The lowest BCUT2D eigenvalue weighted by Crippen LogP contribution is -2.43. The average Bonchev–Trinajstić information content (AvgIpc) is 3.40. The summed E-state index contributed by atoms with van der Waals surface area (Å²) >= 11 is 1.32. The van der Waals surface area contributed by atoms with Gasteiger partial charge in [0.05, 0.1) is 18.6 Å². The summed E-state index contributed by atoms with van der Waals surface area (Å²) in [6, 6.07) is 11.6. The van der Waals surface area contributed by atoms with Gasteiger partial charge in [0.1, 0.15) is 5.60 Å². The molecule has 2 heterocycles. The quantitative estimate of drug-likeness (QED) is 0.580. The first kappa shape index (κ1) is 19.7. The molecule has 1 aromatic carbocycles. The van der Waals surface area contributed by atoms with Crippen LogP contribution in [0.4, 0.5) is 0 Å². The van der Waals surface area contributed by atoms with Crippen LogP contribution >= 0.6 is 11.8 Å². The first-order chi connectivity index (χ1) is 14.1. The van der Waals surface area contributed by atoms with Crippen LogP contribution in [0.15, 0.2) is 52.2 Å². The summed E-state index contributed by atoms with van der Waals surface area (Å²) in [6.07, 6.45) is 4.12. The number of benzene rings is 1. The van der Waals surface area contributed by atoms with Crippen LogP contribution in [-0.2, 0) is 23.4 Å². The van der Waals surface area contributed by atoms with E-state index >= 15 is 0 Å². The van der Waals surface area contributed by atoms with Crippen LogP contribution in [0, 0.1) is 0 Å². The number of hydrogen-bond acceptors (Lipinski definition) is 6. The molecule has 7 nitrogen and oxygen atoms in total. The van der Waals surface area contributed by atoms with Gasteiger partial charge in [-0.3, -0.25) is 9.36 Å². The van der Waals surface area contributed by atoms with Crippen molar-refractivity contribution < 1.29 is 14.3 Å². The summed E-state index contributed by atoms with van der Waals surface area (Å²) in [5, 5.41) is 23.0. The van der Waals surface area contributed by atoms with Crippen molar-refractivity contribution in [3.63, 3.8) is 0 Å². The van der Waals surface area contributed by atoms with E-state index in [9.17, 15) is 9.90 Å². The van der Waals surface area contributed by atoms with E-state index in [1.807, 2.05) is 41.8 Å². The van der Waals surface area contributed by atoms with E-state index in [1.54, 1.807) is 12.3 Å². The molecule has 8 heteroatoms. The van der Waals surface area contributed by atoms with E-state index in [0.29, 0.717) is 29.7 Å². The summed E-state index contributed by atoms with van der Waals surface area (Å²) in [5.74, 6) is 1.35. The molecule has 1 aliphatic carbocycles. The predicted molar refractivity (Wildman–Crippen MR) is 110 cm³/mol. The van der Waals surface area contributed by atoms with Crippen molar-refractivity contribution in [2.75, 3.05) is 12.3 Å². The molecule has 2 N–H and O–H groups in total. The summed E-state index contributed by atoms with van der Waals surface area (Å²) in [6.45, 7) is 2.88. The van der Waals surface area contributed by atoms with Gasteiger partial charge in [-0.2, -0.15) is 0 Å². The fourth-order valence-corrected chi connectivity index (χ4v) is 4.61. The minimum absolute atomic E-state index is 0.142. The van der Waals surface area contributed by atoms with E-state index < -0.39 is 5.60 Å². The van der Waals surface area contributed by atoms with Gasteiger partial charge in [0.15, 0.2) is 16.7 Å². The molecule has 1 aliphatic rings. The highest BCUT2D eigenvalue weighted by Gasteiger charge is 2.34. The number of aromatic nitrogens is 3. The second kappa shape index (κ2) is 8.42. The van der Waals surface area contributed by atoms with E-state index in [1.165, 1.54) is 11.8 Å². The number of nitrogens with one attached hydrogen (secondary N) is 1. The first-order valence-corrected chi connectivity index (χ1v) is 10.8. The van der Waals surface area contributed by atoms with Crippen LogP contribution in [0.25, 0.3) is 11.6 Å². The third-order valence-corrected chi connectivity index (χ3v) is 6.21. The van der Waals surface area contributed by atoms with Crippen LogP contribution in [-0.4, -0.2) is 38.1 Å². The van der Waals surface area contributed by atoms with E-state index in [-0.39, 0.29) is 18.2 Å². The van der Waals surface area contributed by atoms with Crippen molar-refractivity contribution in [2.24, 2.45) is 0 Å². The molecule has 1 atom stereocenters. The lowest BCUT2D eigenvalue weighted by molar-refractivity contribution is -0.120. The molecule has 2 aromatic heterocycles. The maximum absolute atomic E-state index is 12.4. The van der Waals surface area contributed by atoms with Crippen molar-refractivity contribution in [3.05, 3.63) is 53.8 Å². The number of amides is 1. The second-order valence-corrected chi connectivity index (χ2v) is 8.08. The van der Waals surface area contributed by atoms with Crippen molar-refractivity contribution in [3.8, 4) is 11.6 Å². The molecule has 0 saturated heterocycles. The first-order valence-electron chi connectivity index (χ1n) is 9.78. The molecular formula is C21H24N4O3S. The molecule has 1 amide bonds. The Kier molecular flexibility index (Phi) is 5.73. The molecule has 0 fully saturated rings. The SMILES string of the molecule is CCn1c(SCC(=O)NCC2(O)CCCc3ccccc32)nnc1-c1ccco1. The number of nitrogens with zero attached hydrogens (tertiary/aromatic N) is 3. The van der Waals surface area contributed by atoms with Crippen LogP contribution in [0.2, 0.25) is 0 Å². The summed E-state index contributed by atoms with van der Waals surface area (Å²) in [4.78, 5) is 12.4. The van der Waals surface area contributed by atoms with Gasteiger partial charge in [-0.1, -0.05) is 36.0 Å². The van der Waals surface area contributed by atoms with Gasteiger partial charge < -0.3 is 14.8 Å². The summed E-state index contributed by atoms with van der Waals surface area (Å²) in [5.41, 5.74) is 1.07. The highest BCUT2D eigenvalue weighted by Crippen LogP contribution is 2.34. The predicted octanol–water partition coefficient (Wildman–Crippen LogP) is 2.99. The summed E-state index contributed by atoms with van der Waals surface area (Å²) < 4.78 is 7.33. The number of aryl methyl sites for hydroxylation is 1. The van der Waals surface area contributed by atoms with Gasteiger partial charge in [-0.05, 0) is 49.4 Å². The lowest BCUT2D eigenvalue weighted by atomic mass is 9.79. The Bertz CT molecular complexity index is 986. The Morgan fingerprint density at radius 1 is 1.31 bits per heavy atom. The van der Waals surface area contributed by atoms with Gasteiger partial charge in [0.25, 0.3) is 0 Å². The fraction of sp³-hybridized carbons (Fsp3) is 0.381. The third-order valence-electron chi connectivity index (χ3n) is 5.24. The number of thioether (sulfide) groups is 1. The van der Waals surface area contributed by atoms with E-state index in [4.69, 9.17) is 4.42 Å². The van der Waals surface area contributed by atoms with Gasteiger partial charge in [0, 0.05) is 6.54 Å².